The molecule has 6 heteroatoms. The lowest BCUT2D eigenvalue weighted by Crippen LogP contribution is -2.38. The van der Waals surface area contributed by atoms with Crippen molar-refractivity contribution in [3.05, 3.63) is 35.9 Å². The van der Waals surface area contributed by atoms with Gasteiger partial charge in [-0.3, -0.25) is 4.79 Å². The Morgan fingerprint density at radius 1 is 1.10 bits per heavy atom. The lowest BCUT2D eigenvalue weighted by Gasteiger charge is -2.34. The zero-order valence-corrected chi connectivity index (χ0v) is 19.8. The highest BCUT2D eigenvalue weighted by Crippen LogP contribution is 2.33. The molecule has 0 amide bonds. The molecule has 31 heavy (non-hydrogen) atoms. The van der Waals surface area contributed by atoms with E-state index < -0.39 is 29.7 Å². The lowest BCUT2D eigenvalue weighted by molar-refractivity contribution is -0.169. The van der Waals surface area contributed by atoms with Crippen molar-refractivity contribution in [1.82, 2.24) is 0 Å². The monoisotopic (exact) mass is 436 g/mol. The maximum Gasteiger partial charge on any atom is 0.340 e. The number of hydrogen-bond acceptors (Lipinski definition) is 6. The fraction of sp³-hybridized carbons (Fsp3) is 0.680. The van der Waals surface area contributed by atoms with Gasteiger partial charge in [0.1, 0.15) is 6.10 Å². The number of benzene rings is 1. The fourth-order valence-electron chi connectivity index (χ4n) is 3.85. The normalized spacial score (nSPS) is 16.1. The molecule has 176 valence electrons. The molecule has 4 atom stereocenters. The van der Waals surface area contributed by atoms with Crippen LogP contribution in [0.15, 0.2) is 30.3 Å². The Morgan fingerprint density at radius 2 is 1.77 bits per heavy atom. The van der Waals surface area contributed by atoms with Crippen molar-refractivity contribution in [2.24, 2.45) is 5.92 Å². The van der Waals surface area contributed by atoms with Crippen LogP contribution in [0.4, 0.5) is 0 Å². The first kappa shape index (κ1) is 27.1. The summed E-state index contributed by atoms with van der Waals surface area (Å²) in [6.07, 6.45) is 2.70. The van der Waals surface area contributed by atoms with Gasteiger partial charge in [0.2, 0.25) is 0 Å². The number of methoxy groups -OCH3 is 1. The molecule has 0 aliphatic carbocycles. The van der Waals surface area contributed by atoms with Crippen LogP contribution in [0.1, 0.15) is 84.3 Å². The van der Waals surface area contributed by atoms with Crippen LogP contribution in [0.25, 0.3) is 0 Å². The van der Waals surface area contributed by atoms with Crippen LogP contribution in [0.3, 0.4) is 0 Å². The highest BCUT2D eigenvalue weighted by Gasteiger charge is 2.36. The Labute approximate surface area is 187 Å². The van der Waals surface area contributed by atoms with Gasteiger partial charge in [0.25, 0.3) is 0 Å². The van der Waals surface area contributed by atoms with Gasteiger partial charge in [-0.15, -0.1) is 0 Å². The van der Waals surface area contributed by atoms with Crippen molar-refractivity contribution in [2.45, 2.75) is 90.4 Å². The smallest absolute Gasteiger partial charge is 0.340 e. The highest BCUT2D eigenvalue weighted by molar-refractivity contribution is 5.77. The van der Waals surface area contributed by atoms with Gasteiger partial charge >= 0.3 is 11.9 Å². The number of carbonyl (C=O) groups is 2. The Balaban J connectivity index is 3.07. The van der Waals surface area contributed by atoms with E-state index in [1.165, 1.54) is 7.11 Å². The van der Waals surface area contributed by atoms with E-state index in [0.29, 0.717) is 31.2 Å². The highest BCUT2D eigenvalue weighted by atomic mass is 16.6. The lowest BCUT2D eigenvalue weighted by atomic mass is 9.80. The number of ether oxygens (including phenoxy) is 3. The third-order valence-corrected chi connectivity index (χ3v) is 5.84. The molecule has 0 bridgehead atoms. The maximum atomic E-state index is 13.0. The van der Waals surface area contributed by atoms with E-state index in [9.17, 15) is 14.7 Å². The van der Waals surface area contributed by atoms with Crippen LogP contribution < -0.4 is 0 Å². The van der Waals surface area contributed by atoms with E-state index in [1.807, 2.05) is 32.0 Å². The zero-order valence-electron chi connectivity index (χ0n) is 19.8. The van der Waals surface area contributed by atoms with Crippen LogP contribution in [0.2, 0.25) is 0 Å². The first-order valence-electron chi connectivity index (χ1n) is 11.5. The molecular weight excluding hydrogens is 396 g/mol. The van der Waals surface area contributed by atoms with Gasteiger partial charge in [-0.25, -0.2) is 4.79 Å². The maximum absolute atomic E-state index is 13.0. The molecule has 0 saturated heterocycles. The summed E-state index contributed by atoms with van der Waals surface area (Å²) in [7, 11) is 1.46. The SMILES string of the molecule is CCCC[C@](O)(CC)C[C@@H](CC)[C@H](CC(=O)OCC)OC(=O)[C@@H](OC)c1ccccc1. The van der Waals surface area contributed by atoms with Gasteiger partial charge in [0, 0.05) is 7.11 Å². The van der Waals surface area contributed by atoms with Crippen molar-refractivity contribution in [3.8, 4) is 0 Å². The molecule has 0 aromatic heterocycles. The van der Waals surface area contributed by atoms with Crippen LogP contribution in [-0.4, -0.2) is 42.5 Å². The molecule has 0 aliphatic heterocycles. The molecule has 0 spiro atoms. The average Bonchev–Trinajstić information content (AvgIpc) is 2.77. The van der Waals surface area contributed by atoms with Gasteiger partial charge in [-0.05, 0) is 44.1 Å². The molecule has 6 nitrogen and oxygen atoms in total. The summed E-state index contributed by atoms with van der Waals surface area (Å²) in [6, 6.07) is 9.12. The molecule has 1 aromatic carbocycles. The quantitative estimate of drug-likeness (QED) is 0.390. The van der Waals surface area contributed by atoms with Crippen LogP contribution in [0, 0.1) is 5.92 Å². The van der Waals surface area contributed by atoms with Crippen molar-refractivity contribution in [3.63, 3.8) is 0 Å². The van der Waals surface area contributed by atoms with Gasteiger partial charge in [-0.2, -0.15) is 0 Å². The second-order valence-corrected chi connectivity index (χ2v) is 8.06. The van der Waals surface area contributed by atoms with Crippen molar-refractivity contribution >= 4 is 11.9 Å². The Bertz CT molecular complexity index is 647. The molecule has 0 radical (unpaired) electrons. The van der Waals surface area contributed by atoms with Crippen molar-refractivity contribution < 1.29 is 28.9 Å². The summed E-state index contributed by atoms with van der Waals surface area (Å²) in [6.45, 7) is 8.04. The number of aliphatic hydroxyl groups is 1. The first-order valence-corrected chi connectivity index (χ1v) is 11.5. The van der Waals surface area contributed by atoms with Gasteiger partial charge in [-0.1, -0.05) is 63.9 Å². The summed E-state index contributed by atoms with van der Waals surface area (Å²) in [5.41, 5.74) is -0.165. The van der Waals surface area contributed by atoms with Crippen molar-refractivity contribution in [2.75, 3.05) is 13.7 Å². The van der Waals surface area contributed by atoms with Crippen LogP contribution >= 0.6 is 0 Å². The molecule has 0 heterocycles. The largest absolute Gasteiger partial charge is 0.466 e. The summed E-state index contributed by atoms with van der Waals surface area (Å²) >= 11 is 0. The molecule has 0 fully saturated rings. The predicted molar refractivity (Wildman–Crippen MR) is 120 cm³/mol. The minimum absolute atomic E-state index is 0.0448. The average molecular weight is 437 g/mol. The summed E-state index contributed by atoms with van der Waals surface area (Å²) < 4.78 is 16.4. The van der Waals surface area contributed by atoms with Crippen LogP contribution in [0.5, 0.6) is 0 Å². The predicted octanol–water partition coefficient (Wildman–Crippen LogP) is 4.99. The third kappa shape index (κ3) is 8.99. The summed E-state index contributed by atoms with van der Waals surface area (Å²) in [4.78, 5) is 25.3. The molecule has 1 N–H and O–H groups in total. The first-order chi connectivity index (χ1) is 14.8. The van der Waals surface area contributed by atoms with Crippen LogP contribution in [-0.2, 0) is 23.8 Å². The number of hydrogen-bond donors (Lipinski definition) is 1. The second kappa shape index (κ2) is 14.2. The number of carbonyl (C=O) groups excluding carboxylic acids is 2. The topological polar surface area (TPSA) is 82.1 Å². The molecular formula is C25H40O6. The minimum atomic E-state index is -0.881. The minimum Gasteiger partial charge on any atom is -0.466 e. The van der Waals surface area contributed by atoms with Gasteiger partial charge in [0.05, 0.1) is 18.6 Å². The molecule has 1 aromatic rings. The second-order valence-electron chi connectivity index (χ2n) is 8.06. The molecule has 0 unspecified atom stereocenters. The standard InChI is InChI=1S/C25H40O6/c1-6-10-16-25(28,8-3)18-19(7-2)21(17-22(26)30-9-4)31-24(27)23(29-5)20-14-12-11-13-15-20/h11-15,19,21,23,28H,6-10,16-18H2,1-5H3/t19-,21+,23+,25-/m1/s1. The third-order valence-electron chi connectivity index (χ3n) is 5.84. The van der Waals surface area contributed by atoms with E-state index in [-0.39, 0.29) is 18.9 Å². The summed E-state index contributed by atoms with van der Waals surface area (Å²) in [5.74, 6) is -1.14. The van der Waals surface area contributed by atoms with Gasteiger partial charge in [0.15, 0.2) is 6.10 Å². The number of esters is 2. The Kier molecular flexibility index (Phi) is 12.4. The van der Waals surface area contributed by atoms with E-state index in [2.05, 4.69) is 6.92 Å². The summed E-state index contributed by atoms with van der Waals surface area (Å²) in [5, 5.41) is 11.1. The molecule has 0 saturated carbocycles. The van der Waals surface area contributed by atoms with Crippen molar-refractivity contribution in [1.29, 1.82) is 0 Å². The van der Waals surface area contributed by atoms with E-state index in [1.54, 1.807) is 19.1 Å². The van der Waals surface area contributed by atoms with Gasteiger partial charge < -0.3 is 19.3 Å². The molecule has 1 rings (SSSR count). The Morgan fingerprint density at radius 3 is 2.29 bits per heavy atom. The molecule has 0 aliphatic rings. The Hall–Kier alpha value is -1.92. The van der Waals surface area contributed by atoms with E-state index in [0.717, 1.165) is 12.8 Å². The number of rotatable bonds is 15. The zero-order chi connectivity index (χ0) is 23.3. The van der Waals surface area contributed by atoms with E-state index in [4.69, 9.17) is 14.2 Å². The fourth-order valence-corrected chi connectivity index (χ4v) is 3.85. The van der Waals surface area contributed by atoms with E-state index >= 15 is 0 Å². The number of unbranched alkanes of at least 4 members (excludes halogenated alkanes) is 1.